The average molecular weight is 251 g/mol. The van der Waals surface area contributed by atoms with Crippen molar-refractivity contribution >= 4 is 0 Å². The van der Waals surface area contributed by atoms with Crippen LogP contribution in [0.15, 0.2) is 0 Å². The molecule has 3 nitrogen and oxygen atoms in total. The van der Waals surface area contributed by atoms with Gasteiger partial charge in [0.15, 0.2) is 0 Å². The number of piperidine rings is 1. The highest BCUT2D eigenvalue weighted by Crippen LogP contribution is 2.32. The molecule has 3 rings (SSSR count). The fraction of sp³-hybridized carbons (Fsp3) is 1.00. The van der Waals surface area contributed by atoms with Crippen LogP contribution >= 0.6 is 0 Å². The van der Waals surface area contributed by atoms with Crippen LogP contribution in [-0.4, -0.2) is 49.7 Å². The number of likely N-dealkylation sites (tertiary alicyclic amines) is 1. The van der Waals surface area contributed by atoms with Crippen LogP contribution < -0.4 is 10.6 Å². The molecule has 1 aliphatic carbocycles. The summed E-state index contributed by atoms with van der Waals surface area (Å²) in [4.78, 5) is 2.49. The SMILES string of the molecule is CN1CCCC(NC2CCCC2C2CCCN2)C1. The van der Waals surface area contributed by atoms with Crippen LogP contribution in [0, 0.1) is 5.92 Å². The normalized spacial score (nSPS) is 42.5. The molecule has 2 saturated heterocycles. The summed E-state index contributed by atoms with van der Waals surface area (Å²) < 4.78 is 0. The first-order valence-corrected chi connectivity index (χ1v) is 8.01. The number of rotatable bonds is 3. The fourth-order valence-corrected chi connectivity index (χ4v) is 4.36. The standard InChI is InChI=1S/C15H29N3/c1-18-10-4-5-12(11-18)17-15-7-2-6-13(15)14-8-3-9-16-14/h12-17H,2-11H2,1H3. The van der Waals surface area contributed by atoms with Crippen molar-refractivity contribution in [2.24, 2.45) is 5.92 Å². The molecule has 4 unspecified atom stereocenters. The zero-order valence-corrected chi connectivity index (χ0v) is 11.8. The van der Waals surface area contributed by atoms with Crippen LogP contribution in [0.4, 0.5) is 0 Å². The van der Waals surface area contributed by atoms with E-state index in [9.17, 15) is 0 Å². The Morgan fingerprint density at radius 2 is 2.00 bits per heavy atom. The van der Waals surface area contributed by atoms with Gasteiger partial charge in [-0.3, -0.25) is 0 Å². The van der Waals surface area contributed by atoms with E-state index in [1.54, 1.807) is 0 Å². The Morgan fingerprint density at radius 1 is 1.06 bits per heavy atom. The molecule has 0 spiro atoms. The summed E-state index contributed by atoms with van der Waals surface area (Å²) in [5.41, 5.74) is 0. The minimum absolute atomic E-state index is 0.746. The zero-order valence-electron chi connectivity index (χ0n) is 11.8. The third-order valence-corrected chi connectivity index (χ3v) is 5.26. The highest BCUT2D eigenvalue weighted by Gasteiger charge is 2.36. The van der Waals surface area contributed by atoms with E-state index in [0.717, 1.165) is 24.0 Å². The van der Waals surface area contributed by atoms with Gasteiger partial charge in [-0.25, -0.2) is 0 Å². The topological polar surface area (TPSA) is 27.3 Å². The van der Waals surface area contributed by atoms with Gasteiger partial charge in [0.1, 0.15) is 0 Å². The molecular weight excluding hydrogens is 222 g/mol. The van der Waals surface area contributed by atoms with Crippen molar-refractivity contribution in [2.75, 3.05) is 26.7 Å². The maximum atomic E-state index is 3.99. The van der Waals surface area contributed by atoms with Crippen LogP contribution in [-0.2, 0) is 0 Å². The van der Waals surface area contributed by atoms with E-state index in [-0.39, 0.29) is 0 Å². The number of likely N-dealkylation sites (N-methyl/N-ethyl adjacent to an activating group) is 1. The van der Waals surface area contributed by atoms with E-state index in [2.05, 4.69) is 22.6 Å². The summed E-state index contributed by atoms with van der Waals surface area (Å²) >= 11 is 0. The molecular formula is C15H29N3. The Bertz CT molecular complexity index is 262. The summed E-state index contributed by atoms with van der Waals surface area (Å²) in [6.45, 7) is 3.79. The minimum atomic E-state index is 0.746. The average Bonchev–Trinajstić information content (AvgIpc) is 2.98. The summed E-state index contributed by atoms with van der Waals surface area (Å²) in [7, 11) is 2.26. The van der Waals surface area contributed by atoms with Gasteiger partial charge in [-0.15, -0.1) is 0 Å². The lowest BCUT2D eigenvalue weighted by Crippen LogP contribution is -2.51. The van der Waals surface area contributed by atoms with Crippen LogP contribution in [0.3, 0.4) is 0 Å². The lowest BCUT2D eigenvalue weighted by molar-refractivity contribution is 0.199. The summed E-state index contributed by atoms with van der Waals surface area (Å²) in [6, 6.07) is 2.35. The fourth-order valence-electron chi connectivity index (χ4n) is 4.36. The molecule has 2 aliphatic heterocycles. The second kappa shape index (κ2) is 5.89. The lowest BCUT2D eigenvalue weighted by atomic mass is 9.92. The molecule has 3 fully saturated rings. The first-order chi connectivity index (χ1) is 8.83. The molecule has 0 aromatic heterocycles. The molecule has 104 valence electrons. The Hall–Kier alpha value is -0.120. The Labute approximate surface area is 112 Å². The molecule has 2 heterocycles. The minimum Gasteiger partial charge on any atom is -0.314 e. The quantitative estimate of drug-likeness (QED) is 0.798. The molecule has 0 amide bonds. The Balaban J connectivity index is 1.54. The maximum absolute atomic E-state index is 3.99. The first kappa shape index (κ1) is 12.9. The van der Waals surface area contributed by atoms with Gasteiger partial charge in [-0.05, 0) is 64.6 Å². The van der Waals surface area contributed by atoms with Crippen molar-refractivity contribution in [3.05, 3.63) is 0 Å². The summed E-state index contributed by atoms with van der Waals surface area (Å²) in [5, 5.41) is 7.72. The van der Waals surface area contributed by atoms with Crippen LogP contribution in [0.5, 0.6) is 0 Å². The van der Waals surface area contributed by atoms with E-state index in [1.807, 2.05) is 0 Å². The van der Waals surface area contributed by atoms with Gasteiger partial charge in [-0.1, -0.05) is 6.42 Å². The highest BCUT2D eigenvalue weighted by atomic mass is 15.1. The summed E-state index contributed by atoms with van der Waals surface area (Å²) in [6.07, 6.45) is 9.83. The van der Waals surface area contributed by atoms with Gasteiger partial charge < -0.3 is 15.5 Å². The molecule has 4 atom stereocenters. The molecule has 0 aromatic rings. The molecule has 18 heavy (non-hydrogen) atoms. The van der Waals surface area contributed by atoms with Crippen LogP contribution in [0.2, 0.25) is 0 Å². The Kier molecular flexibility index (Phi) is 4.22. The molecule has 0 radical (unpaired) electrons. The third kappa shape index (κ3) is 2.89. The van der Waals surface area contributed by atoms with Crippen molar-refractivity contribution < 1.29 is 0 Å². The van der Waals surface area contributed by atoms with Crippen molar-refractivity contribution in [1.29, 1.82) is 0 Å². The van der Waals surface area contributed by atoms with Crippen molar-refractivity contribution in [2.45, 2.75) is 63.1 Å². The van der Waals surface area contributed by atoms with Gasteiger partial charge in [0.05, 0.1) is 0 Å². The number of nitrogens with zero attached hydrogens (tertiary/aromatic N) is 1. The van der Waals surface area contributed by atoms with Gasteiger partial charge >= 0.3 is 0 Å². The van der Waals surface area contributed by atoms with Gasteiger partial charge in [0.2, 0.25) is 0 Å². The van der Waals surface area contributed by atoms with E-state index in [1.165, 1.54) is 64.6 Å². The second-order valence-corrected chi connectivity index (χ2v) is 6.67. The van der Waals surface area contributed by atoms with Gasteiger partial charge in [0.25, 0.3) is 0 Å². The third-order valence-electron chi connectivity index (χ3n) is 5.26. The molecule has 0 bridgehead atoms. The number of nitrogens with one attached hydrogen (secondary N) is 2. The Morgan fingerprint density at radius 3 is 2.78 bits per heavy atom. The predicted octanol–water partition coefficient (Wildman–Crippen LogP) is 1.59. The van der Waals surface area contributed by atoms with Crippen molar-refractivity contribution in [3.63, 3.8) is 0 Å². The monoisotopic (exact) mass is 251 g/mol. The first-order valence-electron chi connectivity index (χ1n) is 8.01. The van der Waals surface area contributed by atoms with E-state index < -0.39 is 0 Å². The van der Waals surface area contributed by atoms with Crippen LogP contribution in [0.1, 0.15) is 44.9 Å². The largest absolute Gasteiger partial charge is 0.314 e. The van der Waals surface area contributed by atoms with Gasteiger partial charge in [-0.2, -0.15) is 0 Å². The maximum Gasteiger partial charge on any atom is 0.0198 e. The molecule has 2 N–H and O–H groups in total. The summed E-state index contributed by atoms with van der Waals surface area (Å²) in [5.74, 6) is 0.903. The van der Waals surface area contributed by atoms with E-state index in [0.29, 0.717) is 0 Å². The highest BCUT2D eigenvalue weighted by molar-refractivity contribution is 4.95. The molecule has 0 aromatic carbocycles. The molecule has 3 aliphatic rings. The predicted molar refractivity (Wildman–Crippen MR) is 75.8 cm³/mol. The van der Waals surface area contributed by atoms with E-state index >= 15 is 0 Å². The molecule has 3 heteroatoms. The molecule has 1 saturated carbocycles. The number of hydrogen-bond donors (Lipinski definition) is 2. The zero-order chi connectivity index (χ0) is 12.4. The van der Waals surface area contributed by atoms with Gasteiger partial charge in [0, 0.05) is 24.7 Å². The second-order valence-electron chi connectivity index (χ2n) is 6.67. The van der Waals surface area contributed by atoms with Crippen molar-refractivity contribution in [1.82, 2.24) is 15.5 Å². The van der Waals surface area contributed by atoms with Crippen molar-refractivity contribution in [3.8, 4) is 0 Å². The lowest BCUT2D eigenvalue weighted by Gasteiger charge is -2.35. The van der Waals surface area contributed by atoms with Crippen LogP contribution in [0.25, 0.3) is 0 Å². The van der Waals surface area contributed by atoms with E-state index in [4.69, 9.17) is 0 Å². The number of hydrogen-bond acceptors (Lipinski definition) is 3. The smallest absolute Gasteiger partial charge is 0.0198 e.